The van der Waals surface area contributed by atoms with Crippen molar-refractivity contribution < 1.29 is 24.5 Å². The monoisotopic (exact) mass is 204 g/mol. The van der Waals surface area contributed by atoms with E-state index in [-0.39, 0.29) is 31.5 Å². The lowest BCUT2D eigenvalue weighted by Gasteiger charge is -2.11. The van der Waals surface area contributed by atoms with Gasteiger partial charge in [0.1, 0.15) is 12.7 Å². The lowest BCUT2D eigenvalue weighted by molar-refractivity contribution is -0.125. The van der Waals surface area contributed by atoms with Crippen molar-refractivity contribution in [3.63, 3.8) is 0 Å². The van der Waals surface area contributed by atoms with Crippen LogP contribution in [0.1, 0.15) is 12.8 Å². The Hall–Kier alpha value is -0.490. The first-order valence-electron chi connectivity index (χ1n) is 4.62. The SMILES string of the molecule is COCC(=O)C[C@@H]1C[C@H](O)[C@@H](CO)O1. The van der Waals surface area contributed by atoms with Crippen LogP contribution in [-0.4, -0.2) is 54.6 Å². The maximum Gasteiger partial charge on any atom is 0.161 e. The van der Waals surface area contributed by atoms with Crippen LogP contribution < -0.4 is 0 Å². The zero-order valence-electron chi connectivity index (χ0n) is 8.18. The lowest BCUT2D eigenvalue weighted by atomic mass is 10.1. The van der Waals surface area contributed by atoms with E-state index in [1.165, 1.54) is 7.11 Å². The van der Waals surface area contributed by atoms with Crippen LogP contribution in [0.25, 0.3) is 0 Å². The molecule has 0 bridgehead atoms. The van der Waals surface area contributed by atoms with Gasteiger partial charge in [-0.15, -0.1) is 0 Å². The maximum absolute atomic E-state index is 11.2. The van der Waals surface area contributed by atoms with Crippen molar-refractivity contribution in [2.45, 2.75) is 31.2 Å². The third-order valence-corrected chi connectivity index (χ3v) is 2.24. The highest BCUT2D eigenvalue weighted by Crippen LogP contribution is 2.22. The fourth-order valence-corrected chi connectivity index (χ4v) is 1.58. The Balaban J connectivity index is 2.31. The molecule has 1 aliphatic rings. The van der Waals surface area contributed by atoms with Crippen molar-refractivity contribution in [3.8, 4) is 0 Å². The number of ketones is 1. The molecule has 0 amide bonds. The molecule has 1 saturated heterocycles. The molecule has 1 rings (SSSR count). The summed E-state index contributed by atoms with van der Waals surface area (Å²) in [4.78, 5) is 11.2. The van der Waals surface area contributed by atoms with E-state index in [9.17, 15) is 9.90 Å². The Bertz CT molecular complexity index is 194. The minimum Gasteiger partial charge on any atom is -0.394 e. The number of carbonyl (C=O) groups is 1. The number of hydrogen-bond donors (Lipinski definition) is 2. The van der Waals surface area contributed by atoms with Gasteiger partial charge < -0.3 is 19.7 Å². The van der Waals surface area contributed by atoms with Gasteiger partial charge in [-0.2, -0.15) is 0 Å². The van der Waals surface area contributed by atoms with E-state index in [1.807, 2.05) is 0 Å². The predicted octanol–water partition coefficient (Wildman–Crippen LogP) is -0.897. The van der Waals surface area contributed by atoms with Crippen LogP contribution in [0, 0.1) is 0 Å². The molecular formula is C9H16O5. The van der Waals surface area contributed by atoms with Crippen LogP contribution in [-0.2, 0) is 14.3 Å². The van der Waals surface area contributed by atoms with Crippen molar-refractivity contribution in [2.75, 3.05) is 20.3 Å². The molecule has 0 saturated carbocycles. The summed E-state index contributed by atoms with van der Waals surface area (Å²) in [6.45, 7) is -0.143. The average molecular weight is 204 g/mol. The molecule has 5 nitrogen and oxygen atoms in total. The first-order chi connectivity index (χ1) is 6.67. The second-order valence-corrected chi connectivity index (χ2v) is 3.46. The molecule has 2 N–H and O–H groups in total. The van der Waals surface area contributed by atoms with Gasteiger partial charge in [0.05, 0.1) is 18.8 Å². The summed E-state index contributed by atoms with van der Waals surface area (Å²) in [5, 5.41) is 18.2. The van der Waals surface area contributed by atoms with Crippen molar-refractivity contribution in [3.05, 3.63) is 0 Å². The largest absolute Gasteiger partial charge is 0.394 e. The number of aliphatic hydroxyl groups is 2. The molecule has 0 aromatic heterocycles. The summed E-state index contributed by atoms with van der Waals surface area (Å²) in [5.41, 5.74) is 0. The summed E-state index contributed by atoms with van der Waals surface area (Å²) >= 11 is 0. The quantitative estimate of drug-likeness (QED) is 0.607. The van der Waals surface area contributed by atoms with E-state index in [1.54, 1.807) is 0 Å². The van der Waals surface area contributed by atoms with Crippen molar-refractivity contribution in [1.29, 1.82) is 0 Å². The highest BCUT2D eigenvalue weighted by atomic mass is 16.5. The number of carbonyl (C=O) groups excluding carboxylic acids is 1. The first-order valence-corrected chi connectivity index (χ1v) is 4.62. The highest BCUT2D eigenvalue weighted by Gasteiger charge is 2.34. The zero-order valence-corrected chi connectivity index (χ0v) is 8.18. The van der Waals surface area contributed by atoms with Gasteiger partial charge in [0, 0.05) is 20.0 Å². The fourth-order valence-electron chi connectivity index (χ4n) is 1.58. The molecule has 14 heavy (non-hydrogen) atoms. The smallest absolute Gasteiger partial charge is 0.161 e. The van der Waals surface area contributed by atoms with Crippen molar-refractivity contribution in [1.82, 2.24) is 0 Å². The predicted molar refractivity (Wildman–Crippen MR) is 47.9 cm³/mol. The maximum atomic E-state index is 11.2. The molecule has 3 atom stereocenters. The number of aliphatic hydroxyl groups excluding tert-OH is 2. The van der Waals surface area contributed by atoms with Crippen LogP contribution in [0.15, 0.2) is 0 Å². The fraction of sp³-hybridized carbons (Fsp3) is 0.889. The Labute approximate surface area is 82.6 Å². The van der Waals surface area contributed by atoms with Gasteiger partial charge in [0.25, 0.3) is 0 Å². The molecule has 0 aromatic rings. The summed E-state index contributed by atoms with van der Waals surface area (Å²) in [7, 11) is 1.46. The van der Waals surface area contributed by atoms with Gasteiger partial charge in [0.2, 0.25) is 0 Å². The molecule has 1 fully saturated rings. The van der Waals surface area contributed by atoms with E-state index in [0.717, 1.165) is 0 Å². The van der Waals surface area contributed by atoms with E-state index < -0.39 is 12.2 Å². The normalized spacial score (nSPS) is 32.1. The number of Topliss-reactive ketones (excluding diaryl/α,β-unsaturated/α-hetero) is 1. The Kier molecular flexibility index (Phi) is 4.47. The molecule has 1 aliphatic heterocycles. The molecule has 82 valence electrons. The summed E-state index contributed by atoms with van der Waals surface area (Å²) in [6.07, 6.45) is -0.859. The molecule has 1 heterocycles. The lowest BCUT2D eigenvalue weighted by Crippen LogP contribution is -2.24. The number of hydrogen-bond acceptors (Lipinski definition) is 5. The molecule has 0 aliphatic carbocycles. The Morgan fingerprint density at radius 3 is 2.86 bits per heavy atom. The van der Waals surface area contributed by atoms with Gasteiger partial charge in [-0.3, -0.25) is 4.79 Å². The standard InChI is InChI=1S/C9H16O5/c1-13-5-6(11)2-7-3-8(12)9(4-10)14-7/h7-10,12H,2-5H2,1H3/t7-,8+,9-/m1/s1. The number of methoxy groups -OCH3 is 1. The minimum atomic E-state index is -0.666. The summed E-state index contributed by atoms with van der Waals surface area (Å²) < 4.78 is 9.94. The van der Waals surface area contributed by atoms with E-state index >= 15 is 0 Å². The third-order valence-electron chi connectivity index (χ3n) is 2.24. The van der Waals surface area contributed by atoms with Gasteiger partial charge in [0.15, 0.2) is 5.78 Å². The Morgan fingerprint density at radius 2 is 2.36 bits per heavy atom. The first kappa shape index (κ1) is 11.6. The van der Waals surface area contributed by atoms with Crippen LogP contribution >= 0.6 is 0 Å². The Morgan fingerprint density at radius 1 is 1.64 bits per heavy atom. The van der Waals surface area contributed by atoms with Crippen molar-refractivity contribution >= 4 is 5.78 Å². The topological polar surface area (TPSA) is 76.0 Å². The molecule has 0 radical (unpaired) electrons. The van der Waals surface area contributed by atoms with Crippen LogP contribution in [0.2, 0.25) is 0 Å². The van der Waals surface area contributed by atoms with Crippen LogP contribution in [0.4, 0.5) is 0 Å². The number of ether oxygens (including phenoxy) is 2. The van der Waals surface area contributed by atoms with Crippen LogP contribution in [0.5, 0.6) is 0 Å². The second kappa shape index (κ2) is 5.41. The summed E-state index contributed by atoms with van der Waals surface area (Å²) in [6, 6.07) is 0. The zero-order chi connectivity index (χ0) is 10.6. The summed E-state index contributed by atoms with van der Waals surface area (Å²) in [5.74, 6) is -0.0525. The molecule has 5 heteroatoms. The number of rotatable bonds is 5. The molecule has 0 unspecified atom stereocenters. The van der Waals surface area contributed by atoms with E-state index in [0.29, 0.717) is 6.42 Å². The van der Waals surface area contributed by atoms with Gasteiger partial charge >= 0.3 is 0 Å². The molecular weight excluding hydrogens is 188 g/mol. The molecule has 0 aromatic carbocycles. The van der Waals surface area contributed by atoms with Gasteiger partial charge in [-0.1, -0.05) is 0 Å². The third kappa shape index (κ3) is 3.02. The second-order valence-electron chi connectivity index (χ2n) is 3.46. The van der Waals surface area contributed by atoms with Gasteiger partial charge in [-0.05, 0) is 0 Å². The average Bonchev–Trinajstić information content (AvgIpc) is 2.46. The highest BCUT2D eigenvalue weighted by molar-refractivity contribution is 5.80. The van der Waals surface area contributed by atoms with Crippen LogP contribution in [0.3, 0.4) is 0 Å². The van der Waals surface area contributed by atoms with E-state index in [4.69, 9.17) is 9.84 Å². The molecule has 0 spiro atoms. The minimum absolute atomic E-state index is 0.0525. The van der Waals surface area contributed by atoms with E-state index in [2.05, 4.69) is 4.74 Å². The van der Waals surface area contributed by atoms with Gasteiger partial charge in [-0.25, -0.2) is 0 Å². The van der Waals surface area contributed by atoms with Crippen molar-refractivity contribution in [2.24, 2.45) is 0 Å².